The molecule has 3 heterocycles. The molecular weight excluding hydrogens is 520 g/mol. The Morgan fingerprint density at radius 1 is 0.568 bits per heavy atom. The van der Waals surface area contributed by atoms with Gasteiger partial charge in [0, 0.05) is 76.4 Å². The topological polar surface area (TPSA) is 195 Å². The molecule has 12 nitrogen and oxygen atoms in total. The molecule has 3 rings (SSSR count). The van der Waals surface area contributed by atoms with E-state index in [0.717, 1.165) is 16.7 Å². The Kier molecular flexibility index (Phi) is 19.4. The van der Waals surface area contributed by atoms with E-state index < -0.39 is 17.9 Å². The zero-order chi connectivity index (χ0) is 26.4. The third-order valence-electron chi connectivity index (χ3n) is 3.96. The van der Waals surface area contributed by atoms with E-state index in [4.69, 9.17) is 0 Å². The molecule has 0 saturated heterocycles. The molecule has 195 valence electrons. The maximum atomic E-state index is 10.0. The molecule has 0 atom stereocenters. The van der Waals surface area contributed by atoms with E-state index in [1.807, 2.05) is 18.2 Å². The molecule has 0 unspecified atom stereocenters. The minimum atomic E-state index is -1.10. The standard InChI is InChI=1S/3C8H10N2O2.Cr/c3*11-8(12)6-10-5-7-2-1-3-9-4-7;/h3*1-4,10H,5-6H2,(H,11,12);/q;;;+3/p-3. The Bertz CT molecular complexity index is 884. The number of aromatic nitrogens is 3. The third kappa shape index (κ3) is 20.2. The van der Waals surface area contributed by atoms with Crippen LogP contribution in [0, 0.1) is 0 Å². The number of rotatable bonds is 12. The van der Waals surface area contributed by atoms with Crippen molar-refractivity contribution in [2.45, 2.75) is 19.6 Å². The van der Waals surface area contributed by atoms with Gasteiger partial charge in [-0.3, -0.25) is 15.0 Å². The van der Waals surface area contributed by atoms with Crippen molar-refractivity contribution in [1.29, 1.82) is 0 Å². The second-order valence-electron chi connectivity index (χ2n) is 7.01. The van der Waals surface area contributed by atoms with Gasteiger partial charge in [-0.2, -0.15) is 0 Å². The normalized spacial score (nSPS) is 9.41. The van der Waals surface area contributed by atoms with Crippen molar-refractivity contribution < 1.29 is 47.1 Å². The van der Waals surface area contributed by atoms with Crippen LogP contribution >= 0.6 is 0 Å². The van der Waals surface area contributed by atoms with Gasteiger partial charge in [-0.25, -0.2) is 0 Å². The molecule has 3 aromatic heterocycles. The maximum absolute atomic E-state index is 10.0. The van der Waals surface area contributed by atoms with Crippen molar-refractivity contribution in [2.75, 3.05) is 19.6 Å². The fourth-order valence-corrected chi connectivity index (χ4v) is 2.43. The minimum Gasteiger partial charge on any atom is -0.549 e. The van der Waals surface area contributed by atoms with Crippen LogP contribution in [0.15, 0.2) is 73.6 Å². The number of nitrogens with one attached hydrogen (secondary N) is 3. The zero-order valence-electron chi connectivity index (χ0n) is 19.9. The number of hydrogen-bond acceptors (Lipinski definition) is 12. The average molecular weight is 548 g/mol. The van der Waals surface area contributed by atoms with E-state index in [1.54, 1.807) is 55.4 Å². The smallest absolute Gasteiger partial charge is 0.549 e. The van der Waals surface area contributed by atoms with Crippen molar-refractivity contribution in [2.24, 2.45) is 0 Å². The predicted molar refractivity (Wildman–Crippen MR) is 123 cm³/mol. The van der Waals surface area contributed by atoms with Crippen LogP contribution in [0.4, 0.5) is 0 Å². The van der Waals surface area contributed by atoms with Crippen LogP contribution in [0.5, 0.6) is 0 Å². The quantitative estimate of drug-likeness (QED) is 0.205. The van der Waals surface area contributed by atoms with Gasteiger partial charge in [0.1, 0.15) is 0 Å². The van der Waals surface area contributed by atoms with Gasteiger partial charge >= 0.3 is 17.4 Å². The largest absolute Gasteiger partial charge is 3.00 e. The van der Waals surface area contributed by atoms with Crippen molar-refractivity contribution in [3.8, 4) is 0 Å². The van der Waals surface area contributed by atoms with E-state index in [0.29, 0.717) is 19.6 Å². The van der Waals surface area contributed by atoms with Crippen molar-refractivity contribution in [3.63, 3.8) is 0 Å². The maximum Gasteiger partial charge on any atom is 3.00 e. The van der Waals surface area contributed by atoms with Gasteiger partial charge in [0.15, 0.2) is 0 Å². The molecule has 0 spiro atoms. The number of pyridine rings is 3. The molecule has 13 heteroatoms. The van der Waals surface area contributed by atoms with Crippen LogP contribution in [0.2, 0.25) is 0 Å². The summed E-state index contributed by atoms with van der Waals surface area (Å²) in [7, 11) is 0. The first-order chi connectivity index (χ1) is 17.4. The fourth-order valence-electron chi connectivity index (χ4n) is 2.43. The molecule has 3 aromatic rings. The molecule has 0 aliphatic heterocycles. The Hall–Kier alpha value is -3.73. The van der Waals surface area contributed by atoms with Crippen LogP contribution in [0.3, 0.4) is 0 Å². The molecule has 0 amide bonds. The van der Waals surface area contributed by atoms with Crippen LogP contribution in [0.1, 0.15) is 16.7 Å². The van der Waals surface area contributed by atoms with E-state index in [2.05, 4.69) is 30.9 Å². The molecule has 0 aromatic carbocycles. The predicted octanol–water partition coefficient (Wildman–Crippen LogP) is -3.24. The molecule has 0 fully saturated rings. The first kappa shape index (κ1) is 33.3. The van der Waals surface area contributed by atoms with Crippen molar-refractivity contribution in [3.05, 3.63) is 90.3 Å². The summed E-state index contributed by atoms with van der Waals surface area (Å²) in [6.45, 7) is 1.12. The summed E-state index contributed by atoms with van der Waals surface area (Å²) >= 11 is 0. The Balaban J connectivity index is 0.000000518. The van der Waals surface area contributed by atoms with E-state index in [1.165, 1.54) is 0 Å². The Labute approximate surface area is 225 Å². The van der Waals surface area contributed by atoms with Gasteiger partial charge < -0.3 is 45.7 Å². The SMILES string of the molecule is O=C([O-])CNCc1cccnc1.O=C([O-])CNCc1cccnc1.O=C([O-])CNCc1cccnc1.[Cr+3]. The number of carbonyl (C=O) groups excluding carboxylic acids is 3. The van der Waals surface area contributed by atoms with E-state index in [9.17, 15) is 29.7 Å². The van der Waals surface area contributed by atoms with E-state index >= 15 is 0 Å². The van der Waals surface area contributed by atoms with Gasteiger partial charge in [0.2, 0.25) is 0 Å². The molecule has 3 N–H and O–H groups in total. The number of aliphatic carboxylic acids is 3. The van der Waals surface area contributed by atoms with Gasteiger partial charge in [-0.1, -0.05) is 18.2 Å². The van der Waals surface area contributed by atoms with Crippen LogP contribution in [-0.4, -0.2) is 52.5 Å². The molecule has 0 aliphatic carbocycles. The first-order valence-electron chi connectivity index (χ1n) is 10.7. The van der Waals surface area contributed by atoms with Crippen LogP contribution in [0.25, 0.3) is 0 Å². The molecule has 0 bridgehead atoms. The third-order valence-corrected chi connectivity index (χ3v) is 3.96. The van der Waals surface area contributed by atoms with Gasteiger partial charge in [-0.15, -0.1) is 0 Å². The number of hydrogen-bond donors (Lipinski definition) is 3. The molecule has 37 heavy (non-hydrogen) atoms. The van der Waals surface area contributed by atoms with Crippen molar-refractivity contribution >= 4 is 17.9 Å². The first-order valence-corrected chi connectivity index (χ1v) is 10.7. The van der Waals surface area contributed by atoms with Crippen LogP contribution in [-0.2, 0) is 51.4 Å². The summed E-state index contributed by atoms with van der Waals surface area (Å²) in [6.07, 6.45) is 10.1. The summed E-state index contributed by atoms with van der Waals surface area (Å²) < 4.78 is 0. The Morgan fingerprint density at radius 3 is 1.03 bits per heavy atom. The van der Waals surface area contributed by atoms with Gasteiger partial charge in [0.05, 0.1) is 17.9 Å². The molecule has 0 aliphatic rings. The van der Waals surface area contributed by atoms with Crippen molar-refractivity contribution in [1.82, 2.24) is 30.9 Å². The molecule has 1 radical (unpaired) electrons. The monoisotopic (exact) mass is 547 g/mol. The second-order valence-corrected chi connectivity index (χ2v) is 7.01. The van der Waals surface area contributed by atoms with Gasteiger partial charge in [0.25, 0.3) is 0 Å². The Morgan fingerprint density at radius 2 is 0.838 bits per heavy atom. The summed E-state index contributed by atoms with van der Waals surface area (Å²) in [5, 5.41) is 38.1. The fraction of sp³-hybridized carbons (Fsp3) is 0.250. The molecular formula is C24H27CrN6O6. The zero-order valence-corrected chi connectivity index (χ0v) is 21.1. The minimum absolute atomic E-state index is 0. The number of carboxylic acids is 3. The average Bonchev–Trinajstić information content (AvgIpc) is 2.86. The number of carboxylic acid groups (broad SMARTS) is 3. The molecule has 0 saturated carbocycles. The number of carbonyl (C=O) groups is 3. The number of nitrogens with zero attached hydrogens (tertiary/aromatic N) is 3. The summed E-state index contributed by atoms with van der Waals surface area (Å²) in [5.74, 6) is -3.29. The second kappa shape index (κ2) is 21.5. The van der Waals surface area contributed by atoms with E-state index in [-0.39, 0.29) is 37.0 Å². The summed E-state index contributed by atoms with van der Waals surface area (Å²) in [5.41, 5.74) is 2.87. The summed E-state index contributed by atoms with van der Waals surface area (Å²) in [4.78, 5) is 41.6. The van der Waals surface area contributed by atoms with Crippen LogP contribution < -0.4 is 31.3 Å². The summed E-state index contributed by atoms with van der Waals surface area (Å²) in [6, 6.07) is 11.0. The van der Waals surface area contributed by atoms with Gasteiger partial charge in [-0.05, 0) is 34.9 Å².